The van der Waals surface area contributed by atoms with Crippen molar-refractivity contribution in [3.05, 3.63) is 28.8 Å². The van der Waals surface area contributed by atoms with Crippen LogP contribution in [0.3, 0.4) is 0 Å². The molecule has 1 heterocycles. The Hall–Kier alpha value is -1.57. The van der Waals surface area contributed by atoms with Crippen molar-refractivity contribution in [2.75, 3.05) is 31.3 Å². The van der Waals surface area contributed by atoms with E-state index in [1.54, 1.807) is 0 Å². The van der Waals surface area contributed by atoms with Gasteiger partial charge in [0.2, 0.25) is 6.34 Å². The summed E-state index contributed by atoms with van der Waals surface area (Å²) in [5.41, 5.74) is 5.38. The van der Waals surface area contributed by atoms with E-state index in [0.29, 0.717) is 6.73 Å². The van der Waals surface area contributed by atoms with Crippen LogP contribution in [0.1, 0.15) is 23.6 Å². The number of nitrogens with zero attached hydrogens (tertiary/aromatic N) is 2. The predicted octanol–water partition coefficient (Wildman–Crippen LogP) is 3.77. The molecule has 1 aromatic rings. The molecule has 0 radical (unpaired) electrons. The summed E-state index contributed by atoms with van der Waals surface area (Å²) < 4.78 is 46.7. The van der Waals surface area contributed by atoms with Gasteiger partial charge in [0.15, 0.2) is 6.73 Å². The highest BCUT2D eigenvalue weighted by molar-refractivity contribution is 6.50. The average Bonchev–Trinajstić information content (AvgIpc) is 2.81. The lowest BCUT2D eigenvalue weighted by Gasteiger charge is -2.13. The highest BCUT2D eigenvalue weighted by Gasteiger charge is 2.24. The van der Waals surface area contributed by atoms with Gasteiger partial charge in [-0.1, -0.05) is 17.7 Å². The first-order chi connectivity index (χ1) is 10.6. The second-order valence-electron chi connectivity index (χ2n) is 5.49. The molecule has 0 spiro atoms. The molecule has 0 N–H and O–H groups in total. The SMILES string of the molecule is CCOC[N+]1=CN(c2c(C)cc(C)cc2C)CC1.F[B-](F)(F)F. The molecule has 0 saturated heterocycles. The molecule has 3 nitrogen and oxygen atoms in total. The van der Waals surface area contributed by atoms with Crippen molar-refractivity contribution in [1.82, 2.24) is 0 Å². The summed E-state index contributed by atoms with van der Waals surface area (Å²) in [4.78, 5) is 2.34. The molecular weight excluding hydrogens is 311 g/mol. The minimum absolute atomic E-state index is 0.691. The Morgan fingerprint density at radius 1 is 1.13 bits per heavy atom. The highest BCUT2D eigenvalue weighted by Crippen LogP contribution is 2.26. The van der Waals surface area contributed by atoms with Gasteiger partial charge in [-0.15, -0.1) is 0 Å². The molecule has 0 unspecified atom stereocenters. The van der Waals surface area contributed by atoms with Gasteiger partial charge in [0.25, 0.3) is 0 Å². The van der Waals surface area contributed by atoms with E-state index in [1.807, 2.05) is 6.92 Å². The Morgan fingerprint density at radius 3 is 2.13 bits per heavy atom. The maximum atomic E-state index is 9.75. The molecule has 0 saturated carbocycles. The smallest absolute Gasteiger partial charge is 0.418 e. The van der Waals surface area contributed by atoms with E-state index in [0.717, 1.165) is 19.7 Å². The van der Waals surface area contributed by atoms with Crippen LogP contribution < -0.4 is 4.90 Å². The maximum absolute atomic E-state index is 9.75. The van der Waals surface area contributed by atoms with Gasteiger partial charge in [-0.25, -0.2) is 9.48 Å². The van der Waals surface area contributed by atoms with Crippen molar-refractivity contribution in [1.29, 1.82) is 0 Å². The third kappa shape index (κ3) is 7.03. The standard InChI is InChI=1S/C15H23N2O.BF4/c1-5-18-11-16-6-7-17(10-16)15-13(3)8-12(2)9-14(15)4;2-1(3,4)5/h8-10H,5-7,11H2,1-4H3;/q+1;-1. The van der Waals surface area contributed by atoms with E-state index in [-0.39, 0.29) is 0 Å². The molecule has 0 amide bonds. The van der Waals surface area contributed by atoms with Crippen molar-refractivity contribution in [2.24, 2.45) is 0 Å². The fourth-order valence-electron chi connectivity index (χ4n) is 2.65. The van der Waals surface area contributed by atoms with Gasteiger partial charge in [0.1, 0.15) is 18.8 Å². The summed E-state index contributed by atoms with van der Waals surface area (Å²) in [5, 5.41) is 0. The topological polar surface area (TPSA) is 15.5 Å². The third-order valence-corrected chi connectivity index (χ3v) is 3.31. The first-order valence-electron chi connectivity index (χ1n) is 7.50. The van der Waals surface area contributed by atoms with Crippen LogP contribution in [0.25, 0.3) is 0 Å². The van der Waals surface area contributed by atoms with Crippen LogP contribution in [0.5, 0.6) is 0 Å². The predicted molar refractivity (Wildman–Crippen MR) is 85.9 cm³/mol. The van der Waals surface area contributed by atoms with Gasteiger partial charge in [-0.05, 0) is 38.8 Å². The van der Waals surface area contributed by atoms with E-state index < -0.39 is 7.25 Å². The number of hydrogen-bond acceptors (Lipinski definition) is 2. The quantitative estimate of drug-likeness (QED) is 0.473. The summed E-state index contributed by atoms with van der Waals surface area (Å²) >= 11 is 0. The number of ether oxygens (including phenoxy) is 1. The fourth-order valence-corrected chi connectivity index (χ4v) is 2.65. The Bertz CT molecular complexity index is 532. The Labute approximate surface area is 134 Å². The molecule has 0 bridgehead atoms. The van der Waals surface area contributed by atoms with Gasteiger partial charge < -0.3 is 22.0 Å². The zero-order valence-electron chi connectivity index (χ0n) is 14.0. The van der Waals surface area contributed by atoms with Gasteiger partial charge in [-0.2, -0.15) is 0 Å². The lowest BCUT2D eigenvalue weighted by atomic mass is 10.0. The number of anilines is 1. The van der Waals surface area contributed by atoms with Crippen LogP contribution in [0, 0.1) is 20.8 Å². The van der Waals surface area contributed by atoms with Gasteiger partial charge >= 0.3 is 7.25 Å². The summed E-state index contributed by atoms with van der Waals surface area (Å²) in [6.45, 7) is 12.1. The number of aryl methyl sites for hydroxylation is 3. The van der Waals surface area contributed by atoms with E-state index in [9.17, 15) is 17.3 Å². The van der Waals surface area contributed by atoms with E-state index in [4.69, 9.17) is 4.74 Å². The molecule has 0 fully saturated rings. The zero-order valence-corrected chi connectivity index (χ0v) is 14.0. The second-order valence-corrected chi connectivity index (χ2v) is 5.49. The van der Waals surface area contributed by atoms with Crippen molar-refractivity contribution in [2.45, 2.75) is 27.7 Å². The first kappa shape index (κ1) is 19.5. The van der Waals surface area contributed by atoms with Gasteiger partial charge in [-0.3, -0.25) is 0 Å². The summed E-state index contributed by atoms with van der Waals surface area (Å²) in [6.07, 6.45) is 2.18. The number of hydrogen-bond donors (Lipinski definition) is 0. The van der Waals surface area contributed by atoms with Crippen LogP contribution in [0.2, 0.25) is 0 Å². The largest absolute Gasteiger partial charge is 0.673 e. The molecule has 0 atom stereocenters. The van der Waals surface area contributed by atoms with Crippen LogP contribution in [-0.4, -0.2) is 44.6 Å². The Morgan fingerprint density at radius 2 is 1.65 bits per heavy atom. The van der Waals surface area contributed by atoms with Crippen LogP contribution >= 0.6 is 0 Å². The molecule has 8 heteroatoms. The molecule has 23 heavy (non-hydrogen) atoms. The second kappa shape index (κ2) is 8.33. The van der Waals surface area contributed by atoms with Gasteiger partial charge in [0.05, 0.1) is 0 Å². The monoisotopic (exact) mass is 334 g/mol. The molecule has 0 aliphatic carbocycles. The lowest BCUT2D eigenvalue weighted by Crippen LogP contribution is -2.20. The zero-order chi connectivity index (χ0) is 17.6. The molecule has 1 aliphatic rings. The van der Waals surface area contributed by atoms with Crippen LogP contribution in [-0.2, 0) is 4.74 Å². The van der Waals surface area contributed by atoms with Crippen molar-refractivity contribution >= 4 is 19.3 Å². The van der Waals surface area contributed by atoms with Crippen LogP contribution in [0.4, 0.5) is 23.0 Å². The highest BCUT2D eigenvalue weighted by atomic mass is 19.5. The first-order valence-corrected chi connectivity index (χ1v) is 7.50. The number of halogens is 4. The molecule has 2 rings (SSSR count). The Kier molecular flexibility index (Phi) is 7.06. The molecule has 1 aromatic carbocycles. The average molecular weight is 334 g/mol. The van der Waals surface area contributed by atoms with E-state index in [2.05, 4.69) is 48.7 Å². The van der Waals surface area contributed by atoms with Crippen LogP contribution in [0.15, 0.2) is 12.1 Å². The summed E-state index contributed by atoms with van der Waals surface area (Å²) in [7, 11) is -6.00. The van der Waals surface area contributed by atoms with Crippen molar-refractivity contribution < 1.29 is 26.6 Å². The van der Waals surface area contributed by atoms with Gasteiger partial charge in [0, 0.05) is 6.61 Å². The van der Waals surface area contributed by atoms with E-state index >= 15 is 0 Å². The summed E-state index contributed by atoms with van der Waals surface area (Å²) in [5.74, 6) is 0. The Balaban J connectivity index is 0.000000463. The minimum atomic E-state index is -6.00. The normalized spacial score (nSPS) is 14.4. The van der Waals surface area contributed by atoms with Crippen molar-refractivity contribution in [3.8, 4) is 0 Å². The molecule has 0 aromatic heterocycles. The third-order valence-electron chi connectivity index (χ3n) is 3.31. The number of rotatable bonds is 4. The maximum Gasteiger partial charge on any atom is 0.673 e. The fraction of sp³-hybridized carbons (Fsp3) is 0.533. The molecular formula is C15H23BF4N2O. The lowest BCUT2D eigenvalue weighted by molar-refractivity contribution is -0.555. The summed E-state index contributed by atoms with van der Waals surface area (Å²) in [6, 6.07) is 4.50. The minimum Gasteiger partial charge on any atom is -0.418 e. The molecule has 1 aliphatic heterocycles. The number of benzene rings is 1. The van der Waals surface area contributed by atoms with E-state index in [1.165, 1.54) is 22.4 Å². The van der Waals surface area contributed by atoms with Crippen molar-refractivity contribution in [3.63, 3.8) is 0 Å². The molecule has 130 valence electrons.